The summed E-state index contributed by atoms with van der Waals surface area (Å²) < 4.78 is 51.0. The van der Waals surface area contributed by atoms with Crippen molar-refractivity contribution in [3.63, 3.8) is 0 Å². The molecule has 7 nitrogen and oxygen atoms in total. The molecule has 176 valence electrons. The third-order valence-corrected chi connectivity index (χ3v) is 5.83. The summed E-state index contributed by atoms with van der Waals surface area (Å²) in [5, 5.41) is 2.39. The lowest BCUT2D eigenvalue weighted by Gasteiger charge is -2.39. The van der Waals surface area contributed by atoms with E-state index in [2.05, 4.69) is 5.32 Å². The molecule has 1 saturated heterocycles. The fraction of sp³-hybridized carbons (Fsp3) is 0.391. The zero-order valence-corrected chi connectivity index (χ0v) is 18.0. The van der Waals surface area contributed by atoms with Gasteiger partial charge in [-0.05, 0) is 31.2 Å². The number of hydrogen-bond acceptors (Lipinski definition) is 5. The Balaban J connectivity index is 1.32. The highest BCUT2D eigenvalue weighted by Crippen LogP contribution is 2.35. The quantitative estimate of drug-likeness (QED) is 0.755. The van der Waals surface area contributed by atoms with Gasteiger partial charge in [0.2, 0.25) is 12.0 Å². The van der Waals surface area contributed by atoms with Gasteiger partial charge in [-0.2, -0.15) is 13.2 Å². The minimum atomic E-state index is -4.56. The minimum Gasteiger partial charge on any atom is -0.485 e. The lowest BCUT2D eigenvalue weighted by atomic mass is 10.1. The van der Waals surface area contributed by atoms with E-state index < -0.39 is 29.8 Å². The smallest absolute Gasteiger partial charge is 0.418 e. The maximum absolute atomic E-state index is 13.2. The molecule has 0 unspecified atom stereocenters. The van der Waals surface area contributed by atoms with Gasteiger partial charge in [0.05, 0.1) is 17.3 Å². The predicted octanol–water partition coefficient (Wildman–Crippen LogP) is 3.02. The zero-order valence-electron chi connectivity index (χ0n) is 18.0. The molecule has 2 amide bonds. The summed E-state index contributed by atoms with van der Waals surface area (Å²) in [6.07, 6.45) is -5.31. The fourth-order valence-corrected chi connectivity index (χ4v) is 3.92. The number of hydrogen-bond donors (Lipinski definition) is 1. The summed E-state index contributed by atoms with van der Waals surface area (Å²) in [6.45, 7) is 3.32. The number of alkyl halides is 3. The van der Waals surface area contributed by atoms with Gasteiger partial charge in [0, 0.05) is 26.2 Å². The van der Waals surface area contributed by atoms with Crippen LogP contribution in [0.15, 0.2) is 48.5 Å². The lowest BCUT2D eigenvalue weighted by molar-refractivity contribution is -0.143. The molecular formula is C23H24F3N3O4. The second-order valence-corrected chi connectivity index (χ2v) is 7.93. The molecule has 2 heterocycles. The van der Waals surface area contributed by atoms with E-state index in [1.165, 1.54) is 18.2 Å². The number of halogens is 3. The number of amides is 2. The van der Waals surface area contributed by atoms with Crippen LogP contribution in [0.3, 0.4) is 0 Å². The lowest BCUT2D eigenvalue weighted by Crippen LogP contribution is -2.57. The van der Waals surface area contributed by atoms with Crippen LogP contribution in [0, 0.1) is 0 Å². The Bertz CT molecular complexity index is 1020. The van der Waals surface area contributed by atoms with Crippen molar-refractivity contribution in [1.82, 2.24) is 9.80 Å². The zero-order chi connectivity index (χ0) is 23.6. The number of fused-ring (bicyclic) bond motifs is 1. The number of rotatable bonds is 4. The average molecular weight is 463 g/mol. The number of ether oxygens (including phenoxy) is 2. The summed E-state index contributed by atoms with van der Waals surface area (Å²) in [7, 11) is 0. The number of anilines is 1. The van der Waals surface area contributed by atoms with E-state index in [0.717, 1.165) is 6.07 Å². The number of carbonyl (C=O) groups excluding carboxylic acids is 2. The van der Waals surface area contributed by atoms with Crippen molar-refractivity contribution < 1.29 is 32.2 Å². The third kappa shape index (κ3) is 5.05. The highest BCUT2D eigenvalue weighted by molar-refractivity contribution is 5.95. The molecule has 1 fully saturated rings. The second kappa shape index (κ2) is 9.30. The molecule has 2 aromatic carbocycles. The molecule has 33 heavy (non-hydrogen) atoms. The molecule has 0 aromatic heterocycles. The first-order chi connectivity index (χ1) is 15.7. The predicted molar refractivity (Wildman–Crippen MR) is 114 cm³/mol. The Hall–Kier alpha value is -3.27. The number of benzene rings is 2. The average Bonchev–Trinajstić information content (AvgIpc) is 2.82. The molecule has 0 aliphatic carbocycles. The van der Waals surface area contributed by atoms with Gasteiger partial charge in [-0.3, -0.25) is 14.5 Å². The summed E-state index contributed by atoms with van der Waals surface area (Å²) in [5.74, 6) is 0.385. The van der Waals surface area contributed by atoms with Crippen molar-refractivity contribution in [1.29, 1.82) is 0 Å². The van der Waals surface area contributed by atoms with Crippen LogP contribution in [0.2, 0.25) is 0 Å². The highest BCUT2D eigenvalue weighted by Gasteiger charge is 2.36. The van der Waals surface area contributed by atoms with Crippen LogP contribution >= 0.6 is 0 Å². The van der Waals surface area contributed by atoms with Gasteiger partial charge in [0.15, 0.2) is 11.5 Å². The van der Waals surface area contributed by atoms with Gasteiger partial charge in [0.25, 0.3) is 5.91 Å². The normalized spacial score (nSPS) is 19.6. The maximum Gasteiger partial charge on any atom is 0.418 e. The molecule has 0 spiro atoms. The summed E-state index contributed by atoms with van der Waals surface area (Å²) in [6, 6.07) is 11.3. The minimum absolute atomic E-state index is 0.119. The number of para-hydroxylation sites is 3. The number of nitrogens with zero attached hydrogens (tertiary/aromatic N) is 2. The van der Waals surface area contributed by atoms with Crippen molar-refractivity contribution in [2.24, 2.45) is 0 Å². The summed E-state index contributed by atoms with van der Waals surface area (Å²) in [4.78, 5) is 29.0. The van der Waals surface area contributed by atoms with Gasteiger partial charge in [-0.15, -0.1) is 0 Å². The van der Waals surface area contributed by atoms with Crippen LogP contribution in [0.5, 0.6) is 11.5 Å². The first kappa shape index (κ1) is 22.9. The van der Waals surface area contributed by atoms with Crippen molar-refractivity contribution in [3.8, 4) is 11.5 Å². The largest absolute Gasteiger partial charge is 0.485 e. The van der Waals surface area contributed by atoms with E-state index in [-0.39, 0.29) is 18.2 Å². The van der Waals surface area contributed by atoms with Crippen LogP contribution in [-0.4, -0.2) is 66.5 Å². The van der Waals surface area contributed by atoms with Crippen LogP contribution in [-0.2, 0) is 15.8 Å². The molecule has 0 bridgehead atoms. The Labute approximate surface area is 189 Å². The van der Waals surface area contributed by atoms with Crippen LogP contribution in [0.4, 0.5) is 18.9 Å². The Kier molecular flexibility index (Phi) is 6.46. The van der Waals surface area contributed by atoms with Gasteiger partial charge in [0.1, 0.15) is 6.61 Å². The van der Waals surface area contributed by atoms with E-state index in [4.69, 9.17) is 9.47 Å². The number of carbonyl (C=O) groups is 2. The van der Waals surface area contributed by atoms with Crippen LogP contribution < -0.4 is 14.8 Å². The maximum atomic E-state index is 13.2. The van der Waals surface area contributed by atoms with E-state index in [1.807, 2.05) is 11.0 Å². The van der Waals surface area contributed by atoms with E-state index >= 15 is 0 Å². The van der Waals surface area contributed by atoms with Crippen molar-refractivity contribution in [2.75, 3.05) is 38.1 Å². The van der Waals surface area contributed by atoms with E-state index in [1.54, 1.807) is 30.0 Å². The molecule has 2 atom stereocenters. The Morgan fingerprint density at radius 1 is 1.00 bits per heavy atom. The third-order valence-electron chi connectivity index (χ3n) is 5.83. The number of nitrogens with one attached hydrogen (secondary N) is 1. The Morgan fingerprint density at radius 3 is 2.33 bits per heavy atom. The fourth-order valence-electron chi connectivity index (χ4n) is 3.92. The molecule has 2 aromatic rings. The molecule has 0 saturated carbocycles. The Morgan fingerprint density at radius 2 is 1.64 bits per heavy atom. The van der Waals surface area contributed by atoms with Gasteiger partial charge < -0.3 is 19.7 Å². The van der Waals surface area contributed by atoms with Gasteiger partial charge >= 0.3 is 6.18 Å². The SMILES string of the molecule is C[C@H](C(=O)Nc1ccccc1C(F)(F)F)N1CCN(C(=O)[C@@H]2COc3ccccc3O2)CC1. The van der Waals surface area contributed by atoms with Gasteiger partial charge in [-0.1, -0.05) is 24.3 Å². The van der Waals surface area contributed by atoms with Crippen molar-refractivity contribution in [2.45, 2.75) is 25.2 Å². The first-order valence-electron chi connectivity index (χ1n) is 10.6. The number of piperazine rings is 1. The molecular weight excluding hydrogens is 439 g/mol. The van der Waals surface area contributed by atoms with E-state index in [0.29, 0.717) is 37.7 Å². The molecule has 2 aliphatic heterocycles. The molecule has 2 aliphatic rings. The molecule has 1 N–H and O–H groups in total. The molecule has 4 rings (SSSR count). The van der Waals surface area contributed by atoms with Crippen molar-refractivity contribution >= 4 is 17.5 Å². The monoisotopic (exact) mass is 463 g/mol. The second-order valence-electron chi connectivity index (χ2n) is 7.93. The summed E-state index contributed by atoms with van der Waals surface area (Å²) >= 11 is 0. The van der Waals surface area contributed by atoms with Crippen molar-refractivity contribution in [3.05, 3.63) is 54.1 Å². The molecule has 0 radical (unpaired) electrons. The highest BCUT2D eigenvalue weighted by atomic mass is 19.4. The standard InChI is InChI=1S/C23H24F3N3O4/c1-15(21(30)27-17-7-3-2-6-16(17)23(24,25)26)28-10-12-29(13-11-28)22(31)20-14-32-18-8-4-5-9-19(18)33-20/h2-9,15,20H,10-14H2,1H3,(H,27,30)/t15-,20+/m1/s1. The topological polar surface area (TPSA) is 71.1 Å². The summed E-state index contributed by atoms with van der Waals surface area (Å²) in [5.41, 5.74) is -1.16. The van der Waals surface area contributed by atoms with Crippen LogP contribution in [0.1, 0.15) is 12.5 Å². The first-order valence-corrected chi connectivity index (χ1v) is 10.6. The molecule has 10 heteroatoms. The van der Waals surface area contributed by atoms with E-state index in [9.17, 15) is 22.8 Å². The van der Waals surface area contributed by atoms with Gasteiger partial charge in [-0.25, -0.2) is 0 Å². The van der Waals surface area contributed by atoms with Crippen LogP contribution in [0.25, 0.3) is 0 Å².